The lowest BCUT2D eigenvalue weighted by Crippen LogP contribution is -2.39. The van der Waals surface area contributed by atoms with Crippen molar-refractivity contribution in [2.45, 2.75) is 46.4 Å². The van der Waals surface area contributed by atoms with Gasteiger partial charge in [-0.3, -0.25) is 4.90 Å². The summed E-state index contributed by atoms with van der Waals surface area (Å²) in [6, 6.07) is 4.37. The molecule has 108 valence electrons. The van der Waals surface area contributed by atoms with Gasteiger partial charge in [-0.1, -0.05) is 11.6 Å². The molecule has 0 saturated carbocycles. The normalized spacial score (nSPS) is 11.6. The molecule has 0 atom stereocenters. The summed E-state index contributed by atoms with van der Waals surface area (Å²) < 4.78 is 5.61. The zero-order chi connectivity index (χ0) is 14.4. The number of halogens is 1. The van der Waals surface area contributed by atoms with E-state index in [4.69, 9.17) is 21.4 Å². The summed E-state index contributed by atoms with van der Waals surface area (Å²) in [6.07, 6.45) is 0. The average Bonchev–Trinajstić information content (AvgIpc) is 2.35. The molecular weight excluding hydrogens is 264 g/mol. The van der Waals surface area contributed by atoms with E-state index in [-0.39, 0.29) is 6.61 Å². The molecule has 1 aromatic rings. The van der Waals surface area contributed by atoms with E-state index in [2.05, 4.69) is 37.6 Å². The molecule has 0 aliphatic rings. The maximum Gasteiger partial charge on any atom is 0.213 e. The minimum atomic E-state index is -0.180. The van der Waals surface area contributed by atoms with E-state index in [1.807, 2.05) is 0 Å². The summed E-state index contributed by atoms with van der Waals surface area (Å²) in [4.78, 5) is 6.50. The van der Waals surface area contributed by atoms with Crippen molar-refractivity contribution in [2.24, 2.45) is 0 Å². The zero-order valence-corrected chi connectivity index (χ0v) is 12.8. The van der Waals surface area contributed by atoms with Crippen LogP contribution in [0.5, 0.6) is 5.88 Å². The second kappa shape index (κ2) is 7.68. The van der Waals surface area contributed by atoms with Gasteiger partial charge in [0.25, 0.3) is 0 Å². The number of ether oxygens (including phenoxy) is 1. The van der Waals surface area contributed by atoms with E-state index in [9.17, 15) is 0 Å². The first-order valence-electron chi connectivity index (χ1n) is 6.60. The van der Waals surface area contributed by atoms with E-state index in [0.717, 1.165) is 6.54 Å². The third-order valence-corrected chi connectivity index (χ3v) is 3.31. The summed E-state index contributed by atoms with van der Waals surface area (Å²) in [7, 11) is 0. The lowest BCUT2D eigenvalue weighted by molar-refractivity contribution is 0.140. The molecule has 1 rings (SSSR count). The molecule has 1 heterocycles. The first-order valence-corrected chi connectivity index (χ1v) is 6.98. The first-order chi connectivity index (χ1) is 8.95. The van der Waals surface area contributed by atoms with Crippen molar-refractivity contribution in [3.05, 3.63) is 22.8 Å². The van der Waals surface area contributed by atoms with Gasteiger partial charge >= 0.3 is 0 Å². The Morgan fingerprint density at radius 2 is 1.89 bits per heavy atom. The number of rotatable bonds is 7. The van der Waals surface area contributed by atoms with Crippen LogP contribution >= 0.6 is 11.6 Å². The van der Waals surface area contributed by atoms with E-state index < -0.39 is 0 Å². The summed E-state index contributed by atoms with van der Waals surface area (Å²) in [5.74, 6) is 0.501. The van der Waals surface area contributed by atoms with Crippen LogP contribution in [0.25, 0.3) is 0 Å². The van der Waals surface area contributed by atoms with E-state index in [0.29, 0.717) is 35.3 Å². The van der Waals surface area contributed by atoms with Gasteiger partial charge in [-0.2, -0.15) is 0 Å². The highest BCUT2D eigenvalue weighted by atomic mass is 35.5. The number of pyridine rings is 1. The average molecular weight is 287 g/mol. The Morgan fingerprint density at radius 3 is 2.42 bits per heavy atom. The molecule has 0 unspecified atom stereocenters. The van der Waals surface area contributed by atoms with Gasteiger partial charge in [0, 0.05) is 24.7 Å². The standard InChI is InChI=1S/C14H23ClN2O2/c1-10(2)17(11(3)4)7-8-19-14-6-5-12(15)13(9-18)16-14/h5-6,10-11,18H,7-9H2,1-4H3. The van der Waals surface area contributed by atoms with Gasteiger partial charge in [0.15, 0.2) is 0 Å². The number of aromatic nitrogens is 1. The van der Waals surface area contributed by atoms with Gasteiger partial charge in [-0.25, -0.2) is 4.98 Å². The van der Waals surface area contributed by atoms with Crippen LogP contribution in [0.4, 0.5) is 0 Å². The van der Waals surface area contributed by atoms with Crippen LogP contribution in [-0.2, 0) is 6.61 Å². The fourth-order valence-electron chi connectivity index (χ4n) is 2.02. The topological polar surface area (TPSA) is 45.6 Å². The summed E-state index contributed by atoms with van der Waals surface area (Å²) in [6.45, 7) is 9.91. The Labute approximate surface area is 120 Å². The minimum absolute atomic E-state index is 0.180. The first kappa shape index (κ1) is 16.2. The quantitative estimate of drug-likeness (QED) is 0.837. The van der Waals surface area contributed by atoms with Gasteiger partial charge in [0.05, 0.1) is 17.3 Å². The molecule has 1 N–H and O–H groups in total. The second-order valence-corrected chi connectivity index (χ2v) is 5.42. The van der Waals surface area contributed by atoms with Crippen molar-refractivity contribution >= 4 is 11.6 Å². The lowest BCUT2D eigenvalue weighted by Gasteiger charge is -2.30. The van der Waals surface area contributed by atoms with Gasteiger partial charge in [0.1, 0.15) is 6.61 Å². The van der Waals surface area contributed by atoms with Crippen molar-refractivity contribution in [2.75, 3.05) is 13.2 Å². The van der Waals surface area contributed by atoms with Crippen LogP contribution in [0.15, 0.2) is 12.1 Å². The minimum Gasteiger partial charge on any atom is -0.476 e. The highest BCUT2D eigenvalue weighted by Crippen LogP contribution is 2.18. The van der Waals surface area contributed by atoms with Gasteiger partial charge in [-0.15, -0.1) is 0 Å². The molecule has 0 radical (unpaired) electrons. The molecule has 0 spiro atoms. The van der Waals surface area contributed by atoms with Crippen LogP contribution in [0.3, 0.4) is 0 Å². The van der Waals surface area contributed by atoms with Crippen LogP contribution in [0.2, 0.25) is 5.02 Å². The van der Waals surface area contributed by atoms with Crippen molar-refractivity contribution in [1.82, 2.24) is 9.88 Å². The fourth-order valence-corrected chi connectivity index (χ4v) is 2.19. The van der Waals surface area contributed by atoms with Crippen LogP contribution < -0.4 is 4.74 Å². The predicted octanol–water partition coefficient (Wildman–Crippen LogP) is 2.72. The molecule has 0 amide bonds. The Hall–Kier alpha value is -0.840. The maximum absolute atomic E-state index is 9.09. The fraction of sp³-hybridized carbons (Fsp3) is 0.643. The van der Waals surface area contributed by atoms with E-state index in [1.54, 1.807) is 12.1 Å². The molecule has 19 heavy (non-hydrogen) atoms. The summed E-state index contributed by atoms with van der Waals surface area (Å²) >= 11 is 5.88. The Kier molecular flexibility index (Phi) is 6.55. The highest BCUT2D eigenvalue weighted by molar-refractivity contribution is 6.31. The summed E-state index contributed by atoms with van der Waals surface area (Å²) in [5, 5.41) is 9.55. The molecule has 0 aromatic carbocycles. The van der Waals surface area contributed by atoms with Crippen LogP contribution in [0.1, 0.15) is 33.4 Å². The Bertz CT molecular complexity index is 389. The molecule has 0 bridgehead atoms. The highest BCUT2D eigenvalue weighted by Gasteiger charge is 2.13. The largest absolute Gasteiger partial charge is 0.476 e. The SMILES string of the molecule is CC(C)N(CCOc1ccc(Cl)c(CO)n1)C(C)C. The number of aliphatic hydroxyl groups is 1. The Balaban J connectivity index is 2.53. The van der Waals surface area contributed by atoms with Gasteiger partial charge in [0.2, 0.25) is 5.88 Å². The van der Waals surface area contributed by atoms with Gasteiger partial charge in [-0.05, 0) is 33.8 Å². The third-order valence-electron chi connectivity index (χ3n) is 2.97. The van der Waals surface area contributed by atoms with Crippen LogP contribution in [0, 0.1) is 0 Å². The number of hydrogen-bond acceptors (Lipinski definition) is 4. The van der Waals surface area contributed by atoms with Gasteiger partial charge < -0.3 is 9.84 Å². The molecule has 0 fully saturated rings. The van der Waals surface area contributed by atoms with E-state index in [1.165, 1.54) is 0 Å². The monoisotopic (exact) mass is 286 g/mol. The smallest absolute Gasteiger partial charge is 0.213 e. The summed E-state index contributed by atoms with van der Waals surface area (Å²) in [5.41, 5.74) is 0.448. The Morgan fingerprint density at radius 1 is 1.26 bits per heavy atom. The lowest BCUT2D eigenvalue weighted by atomic mass is 10.2. The van der Waals surface area contributed by atoms with Crippen LogP contribution in [-0.4, -0.2) is 40.2 Å². The molecule has 5 heteroatoms. The number of aliphatic hydroxyl groups excluding tert-OH is 1. The molecule has 1 aromatic heterocycles. The maximum atomic E-state index is 9.09. The zero-order valence-electron chi connectivity index (χ0n) is 12.1. The van der Waals surface area contributed by atoms with Crippen molar-refractivity contribution in [1.29, 1.82) is 0 Å². The van der Waals surface area contributed by atoms with Crippen molar-refractivity contribution in [3.63, 3.8) is 0 Å². The molecule has 4 nitrogen and oxygen atoms in total. The van der Waals surface area contributed by atoms with Crippen molar-refractivity contribution in [3.8, 4) is 5.88 Å². The number of hydrogen-bond donors (Lipinski definition) is 1. The predicted molar refractivity (Wildman–Crippen MR) is 77.6 cm³/mol. The van der Waals surface area contributed by atoms with E-state index >= 15 is 0 Å². The molecule has 0 aliphatic carbocycles. The molecule has 0 aliphatic heterocycles. The number of nitrogens with zero attached hydrogens (tertiary/aromatic N) is 2. The second-order valence-electron chi connectivity index (χ2n) is 5.01. The molecular formula is C14H23ClN2O2. The third kappa shape index (κ3) is 4.97. The van der Waals surface area contributed by atoms with Crippen molar-refractivity contribution < 1.29 is 9.84 Å². The molecule has 0 saturated heterocycles.